The van der Waals surface area contributed by atoms with Crippen LogP contribution in [0.15, 0.2) is 81.8 Å². The molecule has 2 aromatic rings. The summed E-state index contributed by atoms with van der Waals surface area (Å²) in [5.74, 6) is -0.624. The third-order valence-corrected chi connectivity index (χ3v) is 9.43. The first-order valence-corrected chi connectivity index (χ1v) is 15.0. The molecule has 1 aromatic carbocycles. The first-order chi connectivity index (χ1) is 19.4. The molecule has 0 saturated heterocycles. The normalized spacial score (nSPS) is 20.6. The van der Waals surface area contributed by atoms with E-state index in [-0.39, 0.29) is 71.7 Å². The number of aromatic nitrogens is 2. The number of carbonyl (C=O) groups is 2. The van der Waals surface area contributed by atoms with Crippen molar-refractivity contribution >= 4 is 21.6 Å². The highest BCUT2D eigenvalue weighted by molar-refractivity contribution is 7.91. The molecule has 0 unspecified atom stereocenters. The van der Waals surface area contributed by atoms with Gasteiger partial charge in [-0.3, -0.25) is 14.2 Å². The van der Waals surface area contributed by atoms with Gasteiger partial charge in [0.15, 0.2) is 0 Å². The van der Waals surface area contributed by atoms with Crippen LogP contribution in [0.1, 0.15) is 58.8 Å². The first kappa shape index (κ1) is 31.8. The van der Waals surface area contributed by atoms with Crippen molar-refractivity contribution < 1.29 is 37.0 Å². The molecule has 3 rings (SSSR count). The van der Waals surface area contributed by atoms with Crippen molar-refractivity contribution in [2.75, 3.05) is 13.2 Å². The molecule has 0 N–H and O–H groups in total. The molecule has 1 heterocycles. The van der Waals surface area contributed by atoms with Gasteiger partial charge in [0.05, 0.1) is 23.1 Å². The third-order valence-electron chi connectivity index (χ3n) is 7.71. The van der Waals surface area contributed by atoms with Crippen molar-refractivity contribution in [3.05, 3.63) is 72.5 Å². The molecule has 3 atom stereocenters. The average molecular weight is 587 g/mol. The molecule has 222 valence electrons. The Morgan fingerprint density at radius 1 is 1.22 bits per heavy atom. The zero-order valence-corrected chi connectivity index (χ0v) is 24.5. The van der Waals surface area contributed by atoms with Crippen LogP contribution in [0.25, 0.3) is 0 Å². The van der Waals surface area contributed by atoms with E-state index in [1.165, 1.54) is 24.3 Å². The highest BCUT2D eigenvalue weighted by Gasteiger charge is 2.39. The zero-order valence-electron chi connectivity index (χ0n) is 23.7. The number of nitrogens with zero attached hydrogens (tertiary/aromatic N) is 2. The van der Waals surface area contributed by atoms with E-state index in [1.807, 2.05) is 13.0 Å². The first-order valence-electron chi connectivity index (χ1n) is 13.6. The topological polar surface area (TPSA) is 140 Å². The average Bonchev–Trinajstić information content (AvgIpc) is 3.34. The monoisotopic (exact) mass is 586 g/mol. The molecule has 1 aromatic heterocycles. The predicted octanol–water partition coefficient (Wildman–Crippen LogP) is 4.93. The van der Waals surface area contributed by atoms with Crippen LogP contribution in [-0.2, 0) is 24.2 Å². The Morgan fingerprint density at radius 3 is 2.59 bits per heavy atom. The van der Waals surface area contributed by atoms with Crippen LogP contribution in [0.2, 0.25) is 0 Å². The summed E-state index contributed by atoms with van der Waals surface area (Å²) >= 11 is 0. The fourth-order valence-electron chi connectivity index (χ4n) is 5.12. The van der Waals surface area contributed by atoms with Gasteiger partial charge in [0, 0.05) is 12.8 Å². The lowest BCUT2D eigenvalue weighted by molar-refractivity contribution is -0.832. The molecule has 1 saturated carbocycles. The van der Waals surface area contributed by atoms with Crippen LogP contribution in [0.3, 0.4) is 0 Å². The molecular formula is C30H38N2O8S. The smallest absolute Gasteiger partial charge is 0.414 e. The molecule has 41 heavy (non-hydrogen) atoms. The molecule has 10 nitrogen and oxygen atoms in total. The minimum Gasteiger partial charge on any atom is -0.461 e. The number of esters is 1. The van der Waals surface area contributed by atoms with E-state index in [0.717, 1.165) is 30.4 Å². The number of carbonyl (C=O) groups excluding carboxylic acids is 2. The van der Waals surface area contributed by atoms with E-state index in [0.29, 0.717) is 0 Å². The number of allylic oxidation sites excluding steroid dienone is 2. The Labute approximate surface area is 241 Å². The fraction of sp³-hybridized carbons (Fsp3) is 0.467. The zero-order chi connectivity index (χ0) is 30.2. The largest absolute Gasteiger partial charge is 0.461 e. The Balaban J connectivity index is 1.38. The molecule has 0 radical (unpaired) electrons. The van der Waals surface area contributed by atoms with Gasteiger partial charge in [-0.1, -0.05) is 49.9 Å². The van der Waals surface area contributed by atoms with Crippen molar-refractivity contribution in [1.82, 2.24) is 5.16 Å². The van der Waals surface area contributed by atoms with Crippen molar-refractivity contribution in [3.63, 3.8) is 0 Å². The maximum Gasteiger partial charge on any atom is 0.414 e. The Bertz CT molecular complexity index is 1380. The number of hydrogen-bond donors (Lipinski definition) is 0. The summed E-state index contributed by atoms with van der Waals surface area (Å²) in [5.41, 5.74) is 1.97. The highest BCUT2D eigenvalue weighted by atomic mass is 32.2. The number of ketones is 1. The van der Waals surface area contributed by atoms with Gasteiger partial charge in [0.1, 0.15) is 12.4 Å². The van der Waals surface area contributed by atoms with E-state index in [9.17, 15) is 23.2 Å². The Morgan fingerprint density at radius 2 is 1.93 bits per heavy atom. The minimum absolute atomic E-state index is 0.000172. The second-order valence-electron chi connectivity index (χ2n) is 10.7. The van der Waals surface area contributed by atoms with Gasteiger partial charge in [-0.2, -0.15) is 0 Å². The second-order valence-corrected chi connectivity index (χ2v) is 12.6. The van der Waals surface area contributed by atoms with E-state index in [1.54, 1.807) is 6.07 Å². The highest BCUT2D eigenvalue weighted by Crippen LogP contribution is 2.48. The van der Waals surface area contributed by atoms with Crippen LogP contribution < -0.4 is 9.64 Å². The van der Waals surface area contributed by atoms with Gasteiger partial charge in [0.2, 0.25) is 0 Å². The summed E-state index contributed by atoms with van der Waals surface area (Å²) in [6.45, 7) is 16.6. The summed E-state index contributed by atoms with van der Waals surface area (Å²) in [6.07, 6.45) is 5.05. The molecule has 0 bridgehead atoms. The van der Waals surface area contributed by atoms with E-state index >= 15 is 0 Å². The number of benzene rings is 1. The van der Waals surface area contributed by atoms with Gasteiger partial charge in [-0.25, -0.2) is 8.42 Å². The quantitative estimate of drug-likeness (QED) is 0.123. The number of rotatable bonds is 15. The summed E-state index contributed by atoms with van der Waals surface area (Å²) in [6, 6.07) is 7.33. The summed E-state index contributed by atoms with van der Waals surface area (Å²) in [7, 11) is -4.22. The van der Waals surface area contributed by atoms with Gasteiger partial charge in [-0.15, -0.1) is 6.58 Å². The lowest BCUT2D eigenvalue weighted by Gasteiger charge is -2.43. The number of sulfone groups is 1. The predicted molar refractivity (Wildman–Crippen MR) is 150 cm³/mol. The number of Topliss-reactive ketones (excluding diaryl/α,β-unsaturated/α-hetero) is 1. The summed E-state index contributed by atoms with van der Waals surface area (Å²) < 4.78 is 40.7. The molecule has 0 aliphatic heterocycles. The van der Waals surface area contributed by atoms with Crippen LogP contribution in [0.5, 0.6) is 5.88 Å². The van der Waals surface area contributed by atoms with Crippen molar-refractivity contribution in [1.29, 1.82) is 0 Å². The van der Waals surface area contributed by atoms with Gasteiger partial charge >= 0.3 is 16.9 Å². The second kappa shape index (κ2) is 13.8. The number of hydrogen-bond acceptors (Lipinski definition) is 9. The lowest BCUT2D eigenvalue weighted by Crippen LogP contribution is -2.34. The molecule has 1 aliphatic rings. The minimum atomic E-state index is -4.22. The molecule has 0 amide bonds. The Hall–Kier alpha value is -3.73. The van der Waals surface area contributed by atoms with Crippen LogP contribution >= 0.6 is 0 Å². The SMILES string of the molecule is C=C[C@]1(C)CC[C@@H](C(=C)COC(=O)CCC(=O)CCCOc2no[n+]([O-])c2S(=O)(=O)c2ccccc2)C[C@H]1C(=C)C. The maximum absolute atomic E-state index is 12.8. The van der Waals surface area contributed by atoms with Crippen molar-refractivity contribution in [3.8, 4) is 5.88 Å². The van der Waals surface area contributed by atoms with Crippen LogP contribution in [-0.4, -0.2) is 38.5 Å². The van der Waals surface area contributed by atoms with E-state index < -0.39 is 26.7 Å². The molecule has 1 aliphatic carbocycles. The summed E-state index contributed by atoms with van der Waals surface area (Å²) in [4.78, 5) is 24.2. The van der Waals surface area contributed by atoms with E-state index in [2.05, 4.69) is 36.4 Å². The Kier molecular flexibility index (Phi) is 10.7. The molecule has 11 heteroatoms. The molecular weight excluding hydrogens is 548 g/mol. The van der Waals surface area contributed by atoms with Gasteiger partial charge in [0.25, 0.3) is 9.84 Å². The van der Waals surface area contributed by atoms with E-state index in [4.69, 9.17) is 9.47 Å². The van der Waals surface area contributed by atoms with Crippen LogP contribution in [0.4, 0.5) is 0 Å². The molecule has 0 spiro atoms. The van der Waals surface area contributed by atoms with Crippen molar-refractivity contribution in [2.24, 2.45) is 17.3 Å². The van der Waals surface area contributed by atoms with Gasteiger partial charge < -0.3 is 14.7 Å². The number of ether oxygens (including phenoxy) is 2. The maximum atomic E-state index is 12.8. The van der Waals surface area contributed by atoms with Gasteiger partial charge in [-0.05, 0) is 72.5 Å². The van der Waals surface area contributed by atoms with Crippen LogP contribution in [0, 0.1) is 22.5 Å². The fourth-order valence-corrected chi connectivity index (χ4v) is 6.41. The molecule has 1 fully saturated rings. The standard InChI is InChI=1S/C30H38N2O8S/c1-6-30(5)17-16-23(19-26(30)21(2)3)22(4)20-39-27(34)15-14-24(33)11-10-18-38-28-29(32(35)40-31-28)41(36,37)25-12-8-7-9-13-25/h6-9,12-13,23,26H,1-2,4,10-11,14-20H2,3,5H3/t23-,26+,30-/m1/s1. The van der Waals surface area contributed by atoms with Crippen molar-refractivity contribution in [2.45, 2.75) is 68.7 Å². The summed E-state index contributed by atoms with van der Waals surface area (Å²) in [5, 5.41) is 14.6. The lowest BCUT2D eigenvalue weighted by atomic mass is 9.61. The third kappa shape index (κ3) is 7.93.